The Balaban J connectivity index is 2.41. The number of nitrogens with one attached hydrogen (secondary N) is 1. The molecule has 0 radical (unpaired) electrons. The van der Waals surface area contributed by atoms with Gasteiger partial charge in [-0.2, -0.15) is 5.26 Å². The van der Waals surface area contributed by atoms with Gasteiger partial charge in [-0.25, -0.2) is 4.39 Å². The minimum atomic E-state index is -0.540. The van der Waals surface area contributed by atoms with Gasteiger partial charge in [-0.15, -0.1) is 0 Å². The van der Waals surface area contributed by atoms with Crippen LogP contribution in [-0.4, -0.2) is 31.9 Å². The molecule has 1 heterocycles. The number of nitrogens with zero attached hydrogens (tertiary/aromatic N) is 1. The Morgan fingerprint density at radius 3 is 2.43 bits per heavy atom. The number of rotatable bonds is 4. The number of halogens is 1. The van der Waals surface area contributed by atoms with E-state index in [0.29, 0.717) is 17.7 Å². The molecule has 0 unspecified atom stereocenters. The molecule has 0 atom stereocenters. The van der Waals surface area contributed by atoms with Gasteiger partial charge in [0.05, 0.1) is 22.8 Å². The molecule has 0 saturated carbocycles. The van der Waals surface area contributed by atoms with Crippen LogP contribution in [0.3, 0.4) is 0 Å². The molecule has 1 saturated heterocycles. The maximum atomic E-state index is 13.5. The molecule has 1 aliphatic rings. The van der Waals surface area contributed by atoms with Crippen LogP contribution in [0.15, 0.2) is 23.7 Å². The predicted octanol–water partition coefficient (Wildman–Crippen LogP) is 2.93. The van der Waals surface area contributed by atoms with Crippen LogP contribution in [0.4, 0.5) is 4.39 Å². The van der Waals surface area contributed by atoms with E-state index in [1.54, 1.807) is 6.08 Å². The molecule has 0 spiro atoms. The molecular weight excluding hydrogens is 294 g/mol. The van der Waals surface area contributed by atoms with Crippen molar-refractivity contribution in [1.29, 1.82) is 5.26 Å². The molecular formula is C17H22BFN2O2. The summed E-state index contributed by atoms with van der Waals surface area (Å²) in [5.41, 5.74) is 0.840. The fraction of sp³-hybridized carbons (Fsp3) is 0.471. The number of hydrogen-bond acceptors (Lipinski definition) is 4. The molecule has 1 aromatic rings. The Kier molecular flexibility index (Phi) is 4.95. The molecule has 6 heteroatoms. The summed E-state index contributed by atoms with van der Waals surface area (Å²) >= 11 is 0. The average Bonchev–Trinajstić information content (AvgIpc) is 2.67. The maximum Gasteiger partial charge on any atom is 0.491 e. The van der Waals surface area contributed by atoms with Gasteiger partial charge in [0.15, 0.2) is 0 Å². The summed E-state index contributed by atoms with van der Waals surface area (Å²) in [7, 11) is 1.28. The molecule has 0 bridgehead atoms. The molecule has 1 N–H and O–H groups in total. The zero-order valence-electron chi connectivity index (χ0n) is 14.2. The topological polar surface area (TPSA) is 54.3 Å². The van der Waals surface area contributed by atoms with Gasteiger partial charge in [-0.3, -0.25) is 0 Å². The van der Waals surface area contributed by atoms with E-state index in [0.717, 1.165) is 5.47 Å². The third-order valence-corrected chi connectivity index (χ3v) is 4.41. The van der Waals surface area contributed by atoms with Gasteiger partial charge >= 0.3 is 7.12 Å². The van der Waals surface area contributed by atoms with Crippen molar-refractivity contribution in [2.45, 2.75) is 38.9 Å². The van der Waals surface area contributed by atoms with E-state index in [4.69, 9.17) is 9.31 Å². The normalized spacial score (nSPS) is 19.7. The smallest absolute Gasteiger partial charge is 0.400 e. The summed E-state index contributed by atoms with van der Waals surface area (Å²) < 4.78 is 25.6. The quantitative estimate of drug-likeness (QED) is 0.868. The summed E-state index contributed by atoms with van der Waals surface area (Å²) in [6, 6.07) is 6.18. The van der Waals surface area contributed by atoms with E-state index < -0.39 is 18.3 Å². The highest BCUT2D eigenvalue weighted by Gasteiger charge is 2.52. The zero-order chi connectivity index (χ0) is 17.3. The molecule has 0 amide bonds. The van der Waals surface area contributed by atoms with Gasteiger partial charge in [0.2, 0.25) is 0 Å². The van der Waals surface area contributed by atoms with E-state index in [1.165, 1.54) is 18.2 Å². The largest absolute Gasteiger partial charge is 0.491 e. The van der Waals surface area contributed by atoms with E-state index in [1.807, 2.05) is 34.7 Å². The molecule has 0 aromatic heterocycles. The Hall–Kier alpha value is -1.68. The molecule has 23 heavy (non-hydrogen) atoms. The minimum Gasteiger partial charge on any atom is -0.400 e. The fourth-order valence-corrected chi connectivity index (χ4v) is 2.36. The third kappa shape index (κ3) is 3.64. The molecule has 0 aliphatic carbocycles. The second-order valence-corrected chi connectivity index (χ2v) is 6.68. The van der Waals surface area contributed by atoms with Crippen LogP contribution < -0.4 is 5.32 Å². The lowest BCUT2D eigenvalue weighted by Crippen LogP contribution is -2.41. The number of nitriles is 1. The van der Waals surface area contributed by atoms with Crippen molar-refractivity contribution < 1.29 is 13.7 Å². The third-order valence-electron chi connectivity index (χ3n) is 4.41. The molecule has 122 valence electrons. The average molecular weight is 316 g/mol. The van der Waals surface area contributed by atoms with Gasteiger partial charge < -0.3 is 14.6 Å². The standard InChI is InChI=1S/C17H22BFN2O2/c1-16(2)17(3,4)23-18(22-16)14(11-21-5)8-13-9-15(19)7-6-12(13)10-20/h6-9,21H,11H2,1-5H3. The van der Waals surface area contributed by atoms with Gasteiger partial charge in [-0.1, -0.05) is 6.08 Å². The van der Waals surface area contributed by atoms with Gasteiger partial charge in [0.25, 0.3) is 0 Å². The molecule has 1 fully saturated rings. The highest BCUT2D eigenvalue weighted by atomic mass is 19.1. The van der Waals surface area contributed by atoms with Crippen molar-refractivity contribution in [1.82, 2.24) is 5.32 Å². The Morgan fingerprint density at radius 1 is 1.30 bits per heavy atom. The van der Waals surface area contributed by atoms with Crippen molar-refractivity contribution >= 4 is 13.2 Å². The lowest BCUT2D eigenvalue weighted by Gasteiger charge is -2.32. The van der Waals surface area contributed by atoms with Crippen LogP contribution in [0, 0.1) is 17.1 Å². The summed E-state index contributed by atoms with van der Waals surface area (Å²) in [6.07, 6.45) is 1.76. The monoisotopic (exact) mass is 316 g/mol. The minimum absolute atomic E-state index is 0.382. The van der Waals surface area contributed by atoms with Crippen LogP contribution in [0.1, 0.15) is 38.8 Å². The second kappa shape index (κ2) is 6.44. The van der Waals surface area contributed by atoms with E-state index in [-0.39, 0.29) is 5.82 Å². The van der Waals surface area contributed by atoms with E-state index in [9.17, 15) is 9.65 Å². The predicted molar refractivity (Wildman–Crippen MR) is 89.1 cm³/mol. The van der Waals surface area contributed by atoms with Gasteiger partial charge in [-0.05, 0) is 64.0 Å². The fourth-order valence-electron chi connectivity index (χ4n) is 2.36. The first kappa shape index (κ1) is 17.7. The Bertz CT molecular complexity index is 649. The molecule has 4 nitrogen and oxygen atoms in total. The van der Waals surface area contributed by atoms with Crippen molar-refractivity contribution in [3.05, 3.63) is 40.6 Å². The Labute approximate surface area is 137 Å². The lowest BCUT2D eigenvalue weighted by molar-refractivity contribution is 0.00578. The first-order valence-corrected chi connectivity index (χ1v) is 7.60. The highest BCUT2D eigenvalue weighted by molar-refractivity contribution is 6.56. The van der Waals surface area contributed by atoms with Crippen LogP contribution in [-0.2, 0) is 9.31 Å². The lowest BCUT2D eigenvalue weighted by atomic mass is 9.76. The van der Waals surface area contributed by atoms with Crippen LogP contribution in [0.25, 0.3) is 6.08 Å². The van der Waals surface area contributed by atoms with Crippen LogP contribution in [0.2, 0.25) is 0 Å². The molecule has 1 aromatic carbocycles. The maximum absolute atomic E-state index is 13.5. The second-order valence-electron chi connectivity index (χ2n) is 6.68. The van der Waals surface area contributed by atoms with Crippen molar-refractivity contribution in [3.63, 3.8) is 0 Å². The first-order chi connectivity index (χ1) is 10.7. The van der Waals surface area contributed by atoms with Gasteiger partial charge in [0.1, 0.15) is 5.82 Å². The van der Waals surface area contributed by atoms with Crippen molar-refractivity contribution in [2.75, 3.05) is 13.6 Å². The molecule has 1 aliphatic heterocycles. The van der Waals surface area contributed by atoms with Crippen LogP contribution >= 0.6 is 0 Å². The Morgan fingerprint density at radius 2 is 1.91 bits per heavy atom. The zero-order valence-corrected chi connectivity index (χ0v) is 14.2. The highest BCUT2D eigenvalue weighted by Crippen LogP contribution is 2.38. The van der Waals surface area contributed by atoms with Gasteiger partial charge in [0, 0.05) is 6.54 Å². The molecule has 2 rings (SSSR count). The summed E-state index contributed by atoms with van der Waals surface area (Å²) in [5.74, 6) is -0.382. The number of likely N-dealkylation sites (N-methyl/N-ethyl adjacent to an activating group) is 1. The summed E-state index contributed by atoms with van der Waals surface area (Å²) in [6.45, 7) is 8.43. The van der Waals surface area contributed by atoms with Crippen molar-refractivity contribution in [3.8, 4) is 6.07 Å². The first-order valence-electron chi connectivity index (χ1n) is 7.60. The number of benzene rings is 1. The van der Waals surface area contributed by atoms with E-state index >= 15 is 0 Å². The SMILES string of the molecule is CNCC(=Cc1cc(F)ccc1C#N)B1OC(C)(C)C(C)(C)O1. The summed E-state index contributed by atoms with van der Waals surface area (Å²) in [5, 5.41) is 12.3. The van der Waals surface area contributed by atoms with Crippen molar-refractivity contribution in [2.24, 2.45) is 0 Å². The van der Waals surface area contributed by atoms with Crippen LogP contribution in [0.5, 0.6) is 0 Å². The van der Waals surface area contributed by atoms with E-state index in [2.05, 4.69) is 11.4 Å². The number of hydrogen-bond donors (Lipinski definition) is 1. The summed E-state index contributed by atoms with van der Waals surface area (Å²) in [4.78, 5) is 0.